The molecule has 2 amide bonds. The summed E-state index contributed by atoms with van der Waals surface area (Å²) in [4.78, 5) is 27.3. The van der Waals surface area contributed by atoms with Crippen molar-refractivity contribution in [2.24, 2.45) is 0 Å². The van der Waals surface area contributed by atoms with E-state index in [4.69, 9.17) is 0 Å². The van der Waals surface area contributed by atoms with Gasteiger partial charge in [0.25, 0.3) is 0 Å². The molecule has 2 aliphatic heterocycles. The summed E-state index contributed by atoms with van der Waals surface area (Å²) in [5.41, 5.74) is 3.19. The maximum Gasteiger partial charge on any atom is 0.249 e. The number of para-hydroxylation sites is 1. The zero-order valence-electron chi connectivity index (χ0n) is 11.6. The molecular weight excluding hydrogens is 254 g/mol. The number of carbonyl (C=O) groups excluding carboxylic acids is 2. The first kappa shape index (κ1) is 12.7. The standard InChI is InChI=1S/C15H17N3O2/c1-9-5-4-6-11-14(9)17(3)10(2)18(11)12-7-8-13(19)16-15(12)20/h4-6,12H,2,7-8H2,1,3H3,(H,16,19,20). The number of nitrogens with zero attached hydrogens (tertiary/aromatic N) is 2. The fraction of sp³-hybridized carbons (Fsp3) is 0.333. The van der Waals surface area contributed by atoms with Crippen molar-refractivity contribution in [3.05, 3.63) is 36.2 Å². The fourth-order valence-corrected chi connectivity index (χ4v) is 2.98. The van der Waals surface area contributed by atoms with Crippen LogP contribution in [-0.4, -0.2) is 24.9 Å². The van der Waals surface area contributed by atoms with Crippen LogP contribution in [0, 0.1) is 6.92 Å². The van der Waals surface area contributed by atoms with Crippen molar-refractivity contribution in [3.63, 3.8) is 0 Å². The van der Waals surface area contributed by atoms with Crippen LogP contribution in [0.25, 0.3) is 0 Å². The number of amides is 2. The van der Waals surface area contributed by atoms with Gasteiger partial charge in [0.15, 0.2) is 0 Å². The van der Waals surface area contributed by atoms with Crippen LogP contribution in [-0.2, 0) is 9.59 Å². The molecule has 2 heterocycles. The van der Waals surface area contributed by atoms with E-state index in [0.717, 1.165) is 22.8 Å². The van der Waals surface area contributed by atoms with E-state index >= 15 is 0 Å². The average Bonchev–Trinajstić information content (AvgIpc) is 2.64. The zero-order valence-corrected chi connectivity index (χ0v) is 11.6. The first-order valence-electron chi connectivity index (χ1n) is 6.66. The summed E-state index contributed by atoms with van der Waals surface area (Å²) in [6.07, 6.45) is 0.885. The van der Waals surface area contributed by atoms with E-state index in [1.54, 1.807) is 0 Å². The molecule has 0 saturated carbocycles. The Balaban J connectivity index is 2.03. The molecule has 1 aromatic carbocycles. The lowest BCUT2D eigenvalue weighted by Crippen LogP contribution is -2.52. The van der Waals surface area contributed by atoms with Gasteiger partial charge >= 0.3 is 0 Å². The minimum absolute atomic E-state index is 0.200. The van der Waals surface area contributed by atoms with Crippen molar-refractivity contribution in [2.75, 3.05) is 16.8 Å². The number of imide groups is 1. The number of carbonyl (C=O) groups is 2. The maximum absolute atomic E-state index is 12.1. The summed E-state index contributed by atoms with van der Waals surface area (Å²) in [6, 6.07) is 5.63. The van der Waals surface area contributed by atoms with Gasteiger partial charge in [-0.3, -0.25) is 14.9 Å². The predicted octanol–water partition coefficient (Wildman–Crippen LogP) is 1.53. The second-order valence-corrected chi connectivity index (χ2v) is 5.25. The third-order valence-electron chi connectivity index (χ3n) is 4.00. The molecule has 0 aliphatic carbocycles. The van der Waals surface area contributed by atoms with E-state index in [-0.39, 0.29) is 17.9 Å². The van der Waals surface area contributed by atoms with E-state index < -0.39 is 0 Å². The molecule has 1 unspecified atom stereocenters. The number of benzene rings is 1. The van der Waals surface area contributed by atoms with Gasteiger partial charge in [0.1, 0.15) is 11.9 Å². The molecule has 104 valence electrons. The Morgan fingerprint density at radius 2 is 2.10 bits per heavy atom. The van der Waals surface area contributed by atoms with Crippen LogP contribution in [0.2, 0.25) is 0 Å². The van der Waals surface area contributed by atoms with Crippen LogP contribution in [0.3, 0.4) is 0 Å². The molecule has 5 nitrogen and oxygen atoms in total. The Hall–Kier alpha value is -2.30. The number of anilines is 2. The highest BCUT2D eigenvalue weighted by Gasteiger charge is 2.39. The molecule has 2 aliphatic rings. The van der Waals surface area contributed by atoms with Crippen LogP contribution in [0.4, 0.5) is 11.4 Å². The molecule has 1 fully saturated rings. The number of rotatable bonds is 1. The van der Waals surface area contributed by atoms with Crippen molar-refractivity contribution < 1.29 is 9.59 Å². The molecule has 1 N–H and O–H groups in total. The van der Waals surface area contributed by atoms with Gasteiger partial charge in [-0.05, 0) is 25.0 Å². The Morgan fingerprint density at radius 1 is 1.35 bits per heavy atom. The van der Waals surface area contributed by atoms with Crippen molar-refractivity contribution in [1.29, 1.82) is 0 Å². The molecule has 0 radical (unpaired) electrons. The summed E-state index contributed by atoms with van der Waals surface area (Å²) in [5, 5.41) is 2.41. The second kappa shape index (κ2) is 4.37. The Bertz CT molecular complexity index is 624. The second-order valence-electron chi connectivity index (χ2n) is 5.25. The number of fused-ring (bicyclic) bond motifs is 1. The number of piperidine rings is 1. The van der Waals surface area contributed by atoms with Crippen LogP contribution < -0.4 is 15.1 Å². The van der Waals surface area contributed by atoms with E-state index in [1.165, 1.54) is 0 Å². The molecule has 0 bridgehead atoms. The molecule has 3 rings (SSSR count). The summed E-state index contributed by atoms with van der Waals surface area (Å²) in [7, 11) is 1.94. The molecule has 5 heteroatoms. The highest BCUT2D eigenvalue weighted by Crippen LogP contribution is 2.44. The van der Waals surface area contributed by atoms with Crippen LogP contribution in [0.5, 0.6) is 0 Å². The Morgan fingerprint density at radius 3 is 2.80 bits per heavy atom. The SMILES string of the molecule is C=C1N(C)c2c(C)cccc2N1C1CCC(=O)NC1=O. The molecule has 1 aromatic rings. The third kappa shape index (κ3) is 1.70. The summed E-state index contributed by atoms with van der Waals surface area (Å²) >= 11 is 0. The molecular formula is C15H17N3O2. The van der Waals surface area contributed by atoms with Gasteiger partial charge in [-0.25, -0.2) is 0 Å². The molecule has 0 aromatic heterocycles. The van der Waals surface area contributed by atoms with Gasteiger partial charge in [0.2, 0.25) is 11.8 Å². The smallest absolute Gasteiger partial charge is 0.249 e. The Labute approximate surface area is 117 Å². The first-order chi connectivity index (χ1) is 9.50. The third-order valence-corrected chi connectivity index (χ3v) is 4.00. The largest absolute Gasteiger partial charge is 0.329 e. The van der Waals surface area contributed by atoms with Crippen molar-refractivity contribution in [2.45, 2.75) is 25.8 Å². The van der Waals surface area contributed by atoms with Crippen LogP contribution in [0.15, 0.2) is 30.6 Å². The lowest BCUT2D eigenvalue weighted by Gasteiger charge is -2.32. The minimum atomic E-state index is -0.370. The molecule has 1 atom stereocenters. The molecule has 0 spiro atoms. The van der Waals surface area contributed by atoms with E-state index in [1.807, 2.05) is 42.0 Å². The van der Waals surface area contributed by atoms with Gasteiger partial charge in [0.05, 0.1) is 11.4 Å². The van der Waals surface area contributed by atoms with Gasteiger partial charge < -0.3 is 9.80 Å². The van der Waals surface area contributed by atoms with Crippen LogP contribution in [0.1, 0.15) is 18.4 Å². The van der Waals surface area contributed by atoms with E-state index in [2.05, 4.69) is 11.9 Å². The molecule has 20 heavy (non-hydrogen) atoms. The summed E-state index contributed by atoms with van der Waals surface area (Å²) < 4.78 is 0. The quantitative estimate of drug-likeness (QED) is 0.787. The number of hydrogen-bond acceptors (Lipinski definition) is 4. The summed E-state index contributed by atoms with van der Waals surface area (Å²) in [6.45, 7) is 6.13. The normalized spacial score (nSPS) is 22.1. The predicted molar refractivity (Wildman–Crippen MR) is 77.4 cm³/mol. The lowest BCUT2D eigenvalue weighted by atomic mass is 10.0. The monoisotopic (exact) mass is 271 g/mol. The lowest BCUT2D eigenvalue weighted by molar-refractivity contribution is -0.134. The highest BCUT2D eigenvalue weighted by atomic mass is 16.2. The summed E-state index contributed by atoms with van der Waals surface area (Å²) in [5.74, 6) is 0.322. The maximum atomic E-state index is 12.1. The van der Waals surface area contributed by atoms with Gasteiger partial charge in [-0.2, -0.15) is 0 Å². The van der Waals surface area contributed by atoms with Crippen LogP contribution >= 0.6 is 0 Å². The number of hydrogen-bond donors (Lipinski definition) is 1. The zero-order chi connectivity index (χ0) is 14.4. The van der Waals surface area contributed by atoms with Crippen molar-refractivity contribution in [1.82, 2.24) is 5.32 Å². The van der Waals surface area contributed by atoms with Crippen molar-refractivity contribution >= 4 is 23.2 Å². The topological polar surface area (TPSA) is 52.6 Å². The Kier molecular flexibility index (Phi) is 2.78. The van der Waals surface area contributed by atoms with Gasteiger partial charge in [-0.1, -0.05) is 18.7 Å². The van der Waals surface area contributed by atoms with Crippen molar-refractivity contribution in [3.8, 4) is 0 Å². The average molecular weight is 271 g/mol. The van der Waals surface area contributed by atoms with E-state index in [0.29, 0.717) is 12.8 Å². The highest BCUT2D eigenvalue weighted by molar-refractivity contribution is 6.03. The number of aryl methyl sites for hydroxylation is 1. The molecule has 1 saturated heterocycles. The van der Waals surface area contributed by atoms with Gasteiger partial charge in [-0.15, -0.1) is 0 Å². The number of nitrogens with one attached hydrogen (secondary N) is 1. The van der Waals surface area contributed by atoms with E-state index in [9.17, 15) is 9.59 Å². The fourth-order valence-electron chi connectivity index (χ4n) is 2.98. The first-order valence-corrected chi connectivity index (χ1v) is 6.66. The van der Waals surface area contributed by atoms with Gasteiger partial charge in [0, 0.05) is 13.5 Å². The minimum Gasteiger partial charge on any atom is -0.329 e.